The van der Waals surface area contributed by atoms with Crippen molar-refractivity contribution in [3.8, 4) is 0 Å². The van der Waals surface area contributed by atoms with E-state index in [1.165, 1.54) is 6.92 Å². The fourth-order valence-electron chi connectivity index (χ4n) is 1.36. The van der Waals surface area contributed by atoms with Crippen LogP contribution in [0.1, 0.15) is 26.7 Å². The predicted octanol–water partition coefficient (Wildman–Crippen LogP) is 0.832. The Bertz CT molecular complexity index is 370. The van der Waals surface area contributed by atoms with Gasteiger partial charge in [-0.1, -0.05) is 6.92 Å². The Morgan fingerprint density at radius 3 is 1.95 bits per heavy atom. The molecule has 0 aromatic rings. The van der Waals surface area contributed by atoms with Gasteiger partial charge in [0.25, 0.3) is 0 Å². The van der Waals surface area contributed by atoms with E-state index >= 15 is 0 Å². The first-order valence-electron chi connectivity index (χ1n) is 5.85. The van der Waals surface area contributed by atoms with Gasteiger partial charge in [-0.25, -0.2) is 9.59 Å². The largest absolute Gasteiger partial charge is 0.478 e. The standard InChI is InChI=1S/C12H18O7/c1-3-8(11(14)15)9(12(16)17)7-10(13)19-6-5-18-4-2/h3-7H2,1-2H3,(H,14,15)(H,16,17)/b9-8+. The molecular formula is C12H18O7. The molecular weight excluding hydrogens is 256 g/mol. The minimum atomic E-state index is -1.43. The van der Waals surface area contributed by atoms with Gasteiger partial charge in [0.05, 0.1) is 18.6 Å². The van der Waals surface area contributed by atoms with E-state index in [-0.39, 0.29) is 25.2 Å². The van der Waals surface area contributed by atoms with Gasteiger partial charge in [0, 0.05) is 12.2 Å². The van der Waals surface area contributed by atoms with Crippen molar-refractivity contribution in [3.63, 3.8) is 0 Å². The third-order valence-corrected chi connectivity index (χ3v) is 2.25. The van der Waals surface area contributed by atoms with E-state index in [4.69, 9.17) is 19.7 Å². The summed E-state index contributed by atoms with van der Waals surface area (Å²) >= 11 is 0. The number of esters is 1. The zero-order chi connectivity index (χ0) is 14.8. The van der Waals surface area contributed by atoms with E-state index in [0.717, 1.165) is 0 Å². The molecule has 0 fully saturated rings. The zero-order valence-corrected chi connectivity index (χ0v) is 11.0. The molecule has 0 aliphatic rings. The summed E-state index contributed by atoms with van der Waals surface area (Å²) in [5.74, 6) is -3.56. The minimum absolute atomic E-state index is 0.00804. The Kier molecular flexibility index (Phi) is 8.19. The molecule has 0 saturated carbocycles. The van der Waals surface area contributed by atoms with E-state index < -0.39 is 29.9 Å². The lowest BCUT2D eigenvalue weighted by molar-refractivity contribution is -0.146. The summed E-state index contributed by atoms with van der Waals surface area (Å²) in [7, 11) is 0. The van der Waals surface area contributed by atoms with Crippen molar-refractivity contribution < 1.29 is 34.1 Å². The van der Waals surface area contributed by atoms with Crippen LogP contribution in [0, 0.1) is 0 Å². The molecule has 0 heterocycles. The van der Waals surface area contributed by atoms with Gasteiger partial charge in [-0.3, -0.25) is 4.79 Å². The predicted molar refractivity (Wildman–Crippen MR) is 64.7 cm³/mol. The van der Waals surface area contributed by atoms with Gasteiger partial charge in [0.15, 0.2) is 0 Å². The topological polar surface area (TPSA) is 110 Å². The van der Waals surface area contributed by atoms with Gasteiger partial charge in [-0.15, -0.1) is 0 Å². The summed E-state index contributed by atoms with van der Waals surface area (Å²) in [5.41, 5.74) is -0.745. The summed E-state index contributed by atoms with van der Waals surface area (Å²) < 4.78 is 9.69. The van der Waals surface area contributed by atoms with Crippen LogP contribution in [-0.4, -0.2) is 47.9 Å². The van der Waals surface area contributed by atoms with Crippen LogP contribution in [0.2, 0.25) is 0 Å². The first-order valence-corrected chi connectivity index (χ1v) is 5.85. The van der Waals surface area contributed by atoms with Crippen molar-refractivity contribution in [2.45, 2.75) is 26.7 Å². The molecule has 19 heavy (non-hydrogen) atoms. The van der Waals surface area contributed by atoms with Crippen molar-refractivity contribution >= 4 is 17.9 Å². The molecule has 0 aromatic heterocycles. The normalized spacial score (nSPS) is 11.7. The van der Waals surface area contributed by atoms with Gasteiger partial charge >= 0.3 is 17.9 Å². The van der Waals surface area contributed by atoms with Gasteiger partial charge < -0.3 is 19.7 Å². The lowest BCUT2D eigenvalue weighted by Gasteiger charge is -2.08. The van der Waals surface area contributed by atoms with E-state index in [9.17, 15) is 14.4 Å². The quantitative estimate of drug-likeness (QED) is 0.364. The maximum absolute atomic E-state index is 11.4. The van der Waals surface area contributed by atoms with Gasteiger partial charge in [-0.2, -0.15) is 0 Å². The highest BCUT2D eigenvalue weighted by Crippen LogP contribution is 2.14. The molecule has 0 rings (SSSR count). The average molecular weight is 274 g/mol. The lowest BCUT2D eigenvalue weighted by atomic mass is 10.0. The molecule has 7 heteroatoms. The number of carbonyl (C=O) groups excluding carboxylic acids is 1. The number of carbonyl (C=O) groups is 3. The number of rotatable bonds is 9. The monoisotopic (exact) mass is 274 g/mol. The van der Waals surface area contributed by atoms with Crippen molar-refractivity contribution in [2.75, 3.05) is 19.8 Å². The molecule has 0 radical (unpaired) electrons. The third-order valence-electron chi connectivity index (χ3n) is 2.25. The highest BCUT2D eigenvalue weighted by atomic mass is 16.6. The molecule has 0 aliphatic carbocycles. The molecule has 0 spiro atoms. The minimum Gasteiger partial charge on any atom is -0.478 e. The number of hydrogen-bond donors (Lipinski definition) is 2. The molecule has 0 unspecified atom stereocenters. The summed E-state index contributed by atoms with van der Waals surface area (Å²) in [6.45, 7) is 4.00. The van der Waals surface area contributed by atoms with Gasteiger partial charge in [0.2, 0.25) is 0 Å². The Morgan fingerprint density at radius 1 is 0.947 bits per heavy atom. The summed E-state index contributed by atoms with van der Waals surface area (Å²) in [4.78, 5) is 33.2. The van der Waals surface area contributed by atoms with Crippen LogP contribution in [0.25, 0.3) is 0 Å². The molecule has 0 aliphatic heterocycles. The smallest absolute Gasteiger partial charge is 0.332 e. The maximum Gasteiger partial charge on any atom is 0.332 e. The second-order valence-corrected chi connectivity index (χ2v) is 3.52. The number of carboxylic acid groups (broad SMARTS) is 2. The molecule has 0 bridgehead atoms. The molecule has 7 nitrogen and oxygen atoms in total. The van der Waals surface area contributed by atoms with Crippen molar-refractivity contribution in [1.29, 1.82) is 0 Å². The fraction of sp³-hybridized carbons (Fsp3) is 0.583. The van der Waals surface area contributed by atoms with Crippen molar-refractivity contribution in [2.24, 2.45) is 0 Å². The number of hydrogen-bond acceptors (Lipinski definition) is 5. The van der Waals surface area contributed by atoms with E-state index in [1.54, 1.807) is 6.92 Å². The van der Waals surface area contributed by atoms with Gasteiger partial charge in [0.1, 0.15) is 6.61 Å². The van der Waals surface area contributed by atoms with Crippen molar-refractivity contribution in [1.82, 2.24) is 0 Å². The maximum atomic E-state index is 11.4. The van der Waals surface area contributed by atoms with Crippen LogP contribution in [0.4, 0.5) is 0 Å². The molecule has 2 N–H and O–H groups in total. The first-order chi connectivity index (χ1) is 8.93. The van der Waals surface area contributed by atoms with Crippen LogP contribution in [0.15, 0.2) is 11.1 Å². The second-order valence-electron chi connectivity index (χ2n) is 3.52. The molecule has 108 valence electrons. The second kappa shape index (κ2) is 9.09. The van der Waals surface area contributed by atoms with E-state index in [0.29, 0.717) is 6.61 Å². The summed E-state index contributed by atoms with van der Waals surface area (Å²) in [6.07, 6.45) is -0.555. The fourth-order valence-corrected chi connectivity index (χ4v) is 1.36. The summed E-state index contributed by atoms with van der Waals surface area (Å²) in [6, 6.07) is 0. The number of ether oxygens (including phenoxy) is 2. The molecule has 0 aromatic carbocycles. The van der Waals surface area contributed by atoms with Crippen LogP contribution < -0.4 is 0 Å². The Morgan fingerprint density at radius 2 is 1.53 bits per heavy atom. The SMILES string of the molecule is CCOCCOC(=O)C/C(C(=O)O)=C(/CC)C(=O)O. The molecule has 0 atom stereocenters. The van der Waals surface area contributed by atoms with Crippen LogP contribution in [0.5, 0.6) is 0 Å². The van der Waals surface area contributed by atoms with Crippen LogP contribution >= 0.6 is 0 Å². The first kappa shape index (κ1) is 17.1. The molecule has 0 amide bonds. The van der Waals surface area contributed by atoms with Crippen LogP contribution in [0.3, 0.4) is 0 Å². The Labute approximate surface area is 110 Å². The third kappa shape index (κ3) is 6.56. The van der Waals surface area contributed by atoms with Gasteiger partial charge in [-0.05, 0) is 13.3 Å². The number of aliphatic carboxylic acids is 2. The Hall–Kier alpha value is -1.89. The lowest BCUT2D eigenvalue weighted by Crippen LogP contribution is -2.17. The Balaban J connectivity index is 4.64. The van der Waals surface area contributed by atoms with Crippen molar-refractivity contribution in [3.05, 3.63) is 11.1 Å². The van der Waals surface area contributed by atoms with Crippen LogP contribution in [-0.2, 0) is 23.9 Å². The van der Waals surface area contributed by atoms with E-state index in [2.05, 4.69) is 0 Å². The molecule has 0 saturated heterocycles. The number of carboxylic acids is 2. The highest BCUT2D eigenvalue weighted by Gasteiger charge is 2.22. The average Bonchev–Trinajstić information content (AvgIpc) is 2.33. The zero-order valence-electron chi connectivity index (χ0n) is 11.0. The highest BCUT2D eigenvalue weighted by molar-refractivity contribution is 6.01. The van der Waals surface area contributed by atoms with E-state index in [1.807, 2.05) is 0 Å². The summed E-state index contributed by atoms with van der Waals surface area (Å²) in [5, 5.41) is 17.8.